The van der Waals surface area contributed by atoms with Crippen LogP contribution in [0.4, 0.5) is 0 Å². The number of allylic oxidation sites excluding steroid dienone is 2. The molecule has 0 atom stereocenters. The predicted molar refractivity (Wildman–Crippen MR) is 42.7 cm³/mol. The zero-order valence-electron chi connectivity index (χ0n) is 7.14. The quantitative estimate of drug-likeness (QED) is 0.554. The summed E-state index contributed by atoms with van der Waals surface area (Å²) in [5.41, 5.74) is 0.794. The average Bonchev–Trinajstić information content (AvgIpc) is 1.81. The standard InChI is InChI=1S/C8H15NO/c1-5-6-8(7(2)10)9(3)4/h6H,5H2,1-4H3/b8-6-. The van der Waals surface area contributed by atoms with Crippen molar-refractivity contribution in [2.24, 2.45) is 0 Å². The summed E-state index contributed by atoms with van der Waals surface area (Å²) in [5, 5.41) is 0. The summed E-state index contributed by atoms with van der Waals surface area (Å²) >= 11 is 0. The van der Waals surface area contributed by atoms with Crippen molar-refractivity contribution in [3.63, 3.8) is 0 Å². The minimum atomic E-state index is 0.131. The third kappa shape index (κ3) is 2.67. The van der Waals surface area contributed by atoms with E-state index < -0.39 is 0 Å². The molecule has 0 aliphatic carbocycles. The molecule has 0 spiro atoms. The van der Waals surface area contributed by atoms with E-state index in [9.17, 15) is 4.79 Å². The van der Waals surface area contributed by atoms with Crippen molar-refractivity contribution in [1.82, 2.24) is 4.90 Å². The Labute approximate surface area is 62.5 Å². The van der Waals surface area contributed by atoms with E-state index in [1.54, 1.807) is 6.92 Å². The lowest BCUT2D eigenvalue weighted by molar-refractivity contribution is -0.114. The van der Waals surface area contributed by atoms with Crippen LogP contribution in [0.15, 0.2) is 11.8 Å². The second kappa shape index (κ2) is 4.09. The highest BCUT2D eigenvalue weighted by molar-refractivity contribution is 5.92. The summed E-state index contributed by atoms with van der Waals surface area (Å²) in [4.78, 5) is 12.7. The van der Waals surface area contributed by atoms with Gasteiger partial charge in [0.2, 0.25) is 0 Å². The molecule has 0 unspecified atom stereocenters. The Morgan fingerprint density at radius 3 is 2.10 bits per heavy atom. The molecule has 0 fully saturated rings. The third-order valence-electron chi connectivity index (χ3n) is 1.24. The summed E-state index contributed by atoms with van der Waals surface area (Å²) < 4.78 is 0. The van der Waals surface area contributed by atoms with Crippen molar-refractivity contribution in [2.75, 3.05) is 14.1 Å². The SMILES string of the molecule is CC/C=C(/C(C)=O)N(C)C. The van der Waals surface area contributed by atoms with E-state index in [-0.39, 0.29) is 5.78 Å². The summed E-state index contributed by atoms with van der Waals surface area (Å²) in [6.45, 7) is 3.61. The molecule has 58 valence electrons. The monoisotopic (exact) mass is 141 g/mol. The molecule has 0 radical (unpaired) electrons. The first kappa shape index (κ1) is 9.21. The Morgan fingerprint density at radius 1 is 1.50 bits per heavy atom. The lowest BCUT2D eigenvalue weighted by Gasteiger charge is -2.13. The smallest absolute Gasteiger partial charge is 0.175 e. The van der Waals surface area contributed by atoms with E-state index in [1.165, 1.54) is 0 Å². The second-order valence-corrected chi connectivity index (χ2v) is 2.45. The van der Waals surface area contributed by atoms with E-state index in [0.717, 1.165) is 12.1 Å². The van der Waals surface area contributed by atoms with Gasteiger partial charge in [-0.2, -0.15) is 0 Å². The molecule has 0 aromatic carbocycles. The Bertz CT molecular complexity index is 147. The van der Waals surface area contributed by atoms with Gasteiger partial charge < -0.3 is 4.90 Å². The van der Waals surface area contributed by atoms with Crippen LogP contribution in [0.3, 0.4) is 0 Å². The maximum absolute atomic E-state index is 10.9. The Kier molecular flexibility index (Phi) is 3.77. The van der Waals surface area contributed by atoms with Gasteiger partial charge in [0.1, 0.15) is 0 Å². The van der Waals surface area contributed by atoms with Crippen LogP contribution in [-0.4, -0.2) is 24.8 Å². The zero-order valence-corrected chi connectivity index (χ0v) is 7.14. The molecule has 0 amide bonds. The summed E-state index contributed by atoms with van der Waals surface area (Å²) in [6, 6.07) is 0. The lowest BCUT2D eigenvalue weighted by Crippen LogP contribution is -2.16. The Morgan fingerprint density at radius 2 is 2.00 bits per heavy atom. The van der Waals surface area contributed by atoms with Crippen molar-refractivity contribution in [2.45, 2.75) is 20.3 Å². The molecule has 0 saturated carbocycles. The van der Waals surface area contributed by atoms with Gasteiger partial charge in [-0.3, -0.25) is 4.79 Å². The Hall–Kier alpha value is -0.790. The number of rotatable bonds is 3. The highest BCUT2D eigenvalue weighted by Gasteiger charge is 2.02. The number of hydrogen-bond donors (Lipinski definition) is 0. The van der Waals surface area contributed by atoms with Crippen molar-refractivity contribution in [1.29, 1.82) is 0 Å². The molecule has 0 rings (SSSR count). The number of ketones is 1. The number of carbonyl (C=O) groups excluding carboxylic acids is 1. The van der Waals surface area contributed by atoms with Gasteiger partial charge in [-0.1, -0.05) is 13.0 Å². The van der Waals surface area contributed by atoms with Crippen LogP contribution in [0, 0.1) is 0 Å². The number of carbonyl (C=O) groups is 1. The predicted octanol–water partition coefficient (Wildman–Crippen LogP) is 1.43. The summed E-state index contributed by atoms with van der Waals surface area (Å²) in [5.74, 6) is 0.131. The second-order valence-electron chi connectivity index (χ2n) is 2.45. The minimum absolute atomic E-state index is 0.131. The zero-order chi connectivity index (χ0) is 8.15. The highest BCUT2D eigenvalue weighted by Crippen LogP contribution is 2.00. The van der Waals surface area contributed by atoms with Gasteiger partial charge in [-0.25, -0.2) is 0 Å². The van der Waals surface area contributed by atoms with E-state index >= 15 is 0 Å². The molecule has 0 aromatic rings. The molecule has 0 aliphatic heterocycles. The first-order chi connectivity index (χ1) is 4.59. The van der Waals surface area contributed by atoms with Crippen LogP contribution in [0.5, 0.6) is 0 Å². The van der Waals surface area contributed by atoms with Crippen LogP contribution < -0.4 is 0 Å². The normalized spacial score (nSPS) is 11.4. The molecular formula is C8H15NO. The largest absolute Gasteiger partial charge is 0.375 e. The number of nitrogens with zero attached hydrogens (tertiary/aromatic N) is 1. The fraction of sp³-hybridized carbons (Fsp3) is 0.625. The molecule has 0 N–H and O–H groups in total. The fourth-order valence-corrected chi connectivity index (χ4v) is 0.835. The van der Waals surface area contributed by atoms with E-state index in [1.807, 2.05) is 32.0 Å². The molecule has 2 heteroatoms. The van der Waals surface area contributed by atoms with Gasteiger partial charge >= 0.3 is 0 Å². The first-order valence-corrected chi connectivity index (χ1v) is 3.48. The molecule has 0 saturated heterocycles. The highest BCUT2D eigenvalue weighted by atomic mass is 16.1. The summed E-state index contributed by atoms with van der Waals surface area (Å²) in [7, 11) is 3.76. The van der Waals surface area contributed by atoms with E-state index in [0.29, 0.717) is 0 Å². The van der Waals surface area contributed by atoms with Gasteiger partial charge in [0.05, 0.1) is 5.70 Å². The van der Waals surface area contributed by atoms with Crippen molar-refractivity contribution < 1.29 is 4.79 Å². The van der Waals surface area contributed by atoms with Crippen molar-refractivity contribution >= 4 is 5.78 Å². The molecule has 0 bridgehead atoms. The van der Waals surface area contributed by atoms with Gasteiger partial charge in [0, 0.05) is 21.0 Å². The molecule has 0 aromatic heterocycles. The van der Waals surface area contributed by atoms with Crippen LogP contribution in [-0.2, 0) is 4.79 Å². The minimum Gasteiger partial charge on any atom is -0.375 e. The maximum atomic E-state index is 10.9. The lowest BCUT2D eigenvalue weighted by atomic mass is 10.2. The topological polar surface area (TPSA) is 20.3 Å². The molecule has 0 aliphatic rings. The van der Waals surface area contributed by atoms with Gasteiger partial charge in [-0.15, -0.1) is 0 Å². The van der Waals surface area contributed by atoms with Gasteiger partial charge in [0.25, 0.3) is 0 Å². The van der Waals surface area contributed by atoms with Gasteiger partial charge in [0.15, 0.2) is 5.78 Å². The van der Waals surface area contributed by atoms with Crippen molar-refractivity contribution in [3.05, 3.63) is 11.8 Å². The molecular weight excluding hydrogens is 126 g/mol. The van der Waals surface area contributed by atoms with Crippen LogP contribution >= 0.6 is 0 Å². The van der Waals surface area contributed by atoms with Crippen LogP contribution in [0.2, 0.25) is 0 Å². The van der Waals surface area contributed by atoms with Crippen molar-refractivity contribution in [3.8, 4) is 0 Å². The molecule has 10 heavy (non-hydrogen) atoms. The molecule has 2 nitrogen and oxygen atoms in total. The van der Waals surface area contributed by atoms with E-state index in [4.69, 9.17) is 0 Å². The number of likely N-dealkylation sites (N-methyl/N-ethyl adjacent to an activating group) is 1. The van der Waals surface area contributed by atoms with Crippen LogP contribution in [0.1, 0.15) is 20.3 Å². The van der Waals surface area contributed by atoms with E-state index in [2.05, 4.69) is 0 Å². The maximum Gasteiger partial charge on any atom is 0.175 e. The fourth-order valence-electron chi connectivity index (χ4n) is 0.835. The number of Topliss-reactive ketones (excluding diaryl/α,β-unsaturated/α-hetero) is 1. The van der Waals surface area contributed by atoms with Gasteiger partial charge in [-0.05, 0) is 6.42 Å². The third-order valence-corrected chi connectivity index (χ3v) is 1.24. The summed E-state index contributed by atoms with van der Waals surface area (Å²) in [6.07, 6.45) is 2.84. The number of hydrogen-bond acceptors (Lipinski definition) is 2. The Balaban J connectivity index is 4.27. The molecule has 0 heterocycles. The first-order valence-electron chi connectivity index (χ1n) is 3.48. The van der Waals surface area contributed by atoms with Crippen LogP contribution in [0.25, 0.3) is 0 Å². The average molecular weight is 141 g/mol.